The molecule has 1 aliphatic heterocycles. The van der Waals surface area contributed by atoms with E-state index in [1.54, 1.807) is 0 Å². The van der Waals surface area contributed by atoms with Crippen LogP contribution in [0.25, 0.3) is 0 Å². The minimum Gasteiger partial charge on any atom is -0.455 e. The highest BCUT2D eigenvalue weighted by Gasteiger charge is 2.60. The van der Waals surface area contributed by atoms with Gasteiger partial charge < -0.3 is 29.2 Å². The van der Waals surface area contributed by atoms with Crippen molar-refractivity contribution in [1.29, 1.82) is 0 Å². The number of aliphatic hydroxyl groups is 2. The standard InChI is InChI=1S/C22H34O8Si/c1-15(23)28-20-19(25)18(14-27-13-17-9-7-6-8-10-17)29-21(26)22(20,30-16(2)24)11-12-31(3,4)5/h6-10,18-21,25-26H,11-14H2,1-5H3/t18-,19+,20+,21-,22-/m1/s1. The molecule has 0 amide bonds. The number of carbonyl (C=O) groups is 2. The van der Waals surface area contributed by atoms with Crippen LogP contribution in [0.4, 0.5) is 0 Å². The largest absolute Gasteiger partial charge is 0.455 e. The predicted octanol–water partition coefficient (Wildman–Crippen LogP) is 2.24. The average Bonchev–Trinajstić information content (AvgIpc) is 2.67. The Bertz CT molecular complexity index is 735. The third-order valence-corrected chi connectivity index (χ3v) is 6.93. The van der Waals surface area contributed by atoms with Gasteiger partial charge in [0.25, 0.3) is 0 Å². The molecule has 0 spiro atoms. The van der Waals surface area contributed by atoms with Gasteiger partial charge in [-0.1, -0.05) is 56.0 Å². The molecule has 174 valence electrons. The van der Waals surface area contributed by atoms with E-state index >= 15 is 0 Å². The van der Waals surface area contributed by atoms with Gasteiger partial charge in [0.05, 0.1) is 13.2 Å². The minimum atomic E-state index is -1.70. The predicted molar refractivity (Wildman–Crippen MR) is 116 cm³/mol. The van der Waals surface area contributed by atoms with Gasteiger partial charge in [-0.2, -0.15) is 0 Å². The molecular formula is C22H34O8Si. The van der Waals surface area contributed by atoms with Crippen molar-refractivity contribution in [2.24, 2.45) is 0 Å². The first-order valence-corrected chi connectivity index (χ1v) is 14.2. The number of benzene rings is 1. The van der Waals surface area contributed by atoms with Crippen LogP contribution in [-0.2, 0) is 35.1 Å². The third-order valence-electron chi connectivity index (χ3n) is 5.18. The molecule has 1 aromatic rings. The summed E-state index contributed by atoms with van der Waals surface area (Å²) in [6.07, 6.45) is -5.02. The van der Waals surface area contributed by atoms with E-state index in [4.69, 9.17) is 18.9 Å². The van der Waals surface area contributed by atoms with Crippen LogP contribution in [0.5, 0.6) is 0 Å². The van der Waals surface area contributed by atoms with Crippen molar-refractivity contribution in [1.82, 2.24) is 0 Å². The van der Waals surface area contributed by atoms with E-state index in [9.17, 15) is 19.8 Å². The SMILES string of the molecule is CC(=O)O[C@H]1[C@@H](O)[C@@H](COCc2ccccc2)O[C@@H](O)[C@]1(CC[Si](C)(C)C)OC(C)=O. The van der Waals surface area contributed by atoms with Crippen molar-refractivity contribution in [3.63, 3.8) is 0 Å². The molecule has 0 aliphatic carbocycles. The Morgan fingerprint density at radius 2 is 1.74 bits per heavy atom. The summed E-state index contributed by atoms with van der Waals surface area (Å²) in [5, 5.41) is 21.9. The lowest BCUT2D eigenvalue weighted by Crippen LogP contribution is -2.69. The Hall–Kier alpha value is -1.78. The minimum absolute atomic E-state index is 0.0466. The fourth-order valence-corrected chi connectivity index (χ4v) is 4.74. The van der Waals surface area contributed by atoms with Crippen LogP contribution in [0.1, 0.15) is 25.8 Å². The summed E-state index contributed by atoms with van der Waals surface area (Å²) >= 11 is 0. The summed E-state index contributed by atoms with van der Waals surface area (Å²) in [7, 11) is -1.64. The molecule has 5 atom stereocenters. The monoisotopic (exact) mass is 454 g/mol. The lowest BCUT2D eigenvalue weighted by molar-refractivity contribution is -0.335. The Morgan fingerprint density at radius 1 is 1.10 bits per heavy atom. The number of aliphatic hydroxyl groups excluding tert-OH is 2. The van der Waals surface area contributed by atoms with Crippen LogP contribution in [0, 0.1) is 0 Å². The first-order chi connectivity index (χ1) is 14.4. The van der Waals surface area contributed by atoms with E-state index in [-0.39, 0.29) is 19.6 Å². The highest BCUT2D eigenvalue weighted by atomic mass is 28.3. The lowest BCUT2D eigenvalue weighted by atomic mass is 9.83. The van der Waals surface area contributed by atoms with E-state index in [2.05, 4.69) is 19.6 Å². The number of hydrogen-bond acceptors (Lipinski definition) is 8. The first-order valence-electron chi connectivity index (χ1n) is 10.4. The molecule has 9 heteroatoms. The maximum absolute atomic E-state index is 11.9. The summed E-state index contributed by atoms with van der Waals surface area (Å²) in [5.74, 6) is -1.33. The summed E-state index contributed by atoms with van der Waals surface area (Å²) in [5.41, 5.74) is -0.762. The van der Waals surface area contributed by atoms with Crippen molar-refractivity contribution in [3.05, 3.63) is 35.9 Å². The Kier molecular flexibility index (Phi) is 8.79. The summed E-state index contributed by atoms with van der Waals surface area (Å²) in [6.45, 7) is 9.02. The zero-order chi connectivity index (χ0) is 23.2. The molecule has 1 heterocycles. The van der Waals surface area contributed by atoms with Crippen LogP contribution >= 0.6 is 0 Å². The molecule has 2 rings (SSSR count). The fourth-order valence-electron chi connectivity index (χ4n) is 3.60. The van der Waals surface area contributed by atoms with Gasteiger partial charge in [0, 0.05) is 21.9 Å². The summed E-state index contributed by atoms with van der Waals surface area (Å²) in [6, 6.07) is 10.1. The molecule has 0 saturated carbocycles. The van der Waals surface area contributed by atoms with Crippen LogP contribution in [0.2, 0.25) is 25.7 Å². The number of carbonyl (C=O) groups excluding carboxylic acids is 2. The number of rotatable bonds is 9. The van der Waals surface area contributed by atoms with Crippen LogP contribution < -0.4 is 0 Å². The number of ether oxygens (including phenoxy) is 4. The van der Waals surface area contributed by atoms with Gasteiger partial charge >= 0.3 is 11.9 Å². The van der Waals surface area contributed by atoms with Crippen molar-refractivity contribution in [2.75, 3.05) is 6.61 Å². The molecule has 1 aromatic carbocycles. The number of esters is 2. The second-order valence-corrected chi connectivity index (χ2v) is 14.8. The van der Waals surface area contributed by atoms with Gasteiger partial charge in [-0.05, 0) is 12.0 Å². The van der Waals surface area contributed by atoms with Gasteiger partial charge in [-0.25, -0.2) is 0 Å². The van der Waals surface area contributed by atoms with Crippen molar-refractivity contribution >= 4 is 20.0 Å². The quantitative estimate of drug-likeness (QED) is 0.432. The molecule has 0 aromatic heterocycles. The zero-order valence-electron chi connectivity index (χ0n) is 18.9. The molecule has 8 nitrogen and oxygen atoms in total. The summed E-state index contributed by atoms with van der Waals surface area (Å²) < 4.78 is 22.2. The fraction of sp³-hybridized carbons (Fsp3) is 0.636. The Morgan fingerprint density at radius 3 is 2.29 bits per heavy atom. The van der Waals surface area contributed by atoms with Gasteiger partial charge in [-0.15, -0.1) is 0 Å². The van der Waals surface area contributed by atoms with E-state index in [0.29, 0.717) is 6.04 Å². The Labute approximate surface area is 184 Å². The zero-order valence-corrected chi connectivity index (χ0v) is 19.9. The highest BCUT2D eigenvalue weighted by Crippen LogP contribution is 2.39. The van der Waals surface area contributed by atoms with Crippen molar-refractivity contribution < 1.29 is 38.7 Å². The second-order valence-electron chi connectivity index (χ2n) is 9.16. The van der Waals surface area contributed by atoms with Crippen LogP contribution in [0.15, 0.2) is 30.3 Å². The first kappa shape index (κ1) is 25.5. The summed E-state index contributed by atoms with van der Waals surface area (Å²) in [4.78, 5) is 23.7. The average molecular weight is 455 g/mol. The van der Waals surface area contributed by atoms with Gasteiger partial charge in [-0.3, -0.25) is 9.59 Å². The van der Waals surface area contributed by atoms with E-state index < -0.39 is 50.2 Å². The molecule has 31 heavy (non-hydrogen) atoms. The molecule has 1 saturated heterocycles. The maximum atomic E-state index is 11.9. The van der Waals surface area contributed by atoms with Crippen LogP contribution in [0.3, 0.4) is 0 Å². The number of hydrogen-bond donors (Lipinski definition) is 2. The van der Waals surface area contributed by atoms with E-state index in [1.165, 1.54) is 13.8 Å². The second kappa shape index (κ2) is 10.7. The normalized spacial score (nSPS) is 28.7. The topological polar surface area (TPSA) is 112 Å². The molecule has 0 bridgehead atoms. The molecule has 0 unspecified atom stereocenters. The van der Waals surface area contributed by atoms with Crippen LogP contribution in [-0.4, -0.2) is 67.0 Å². The molecule has 1 aliphatic rings. The highest BCUT2D eigenvalue weighted by molar-refractivity contribution is 6.76. The van der Waals surface area contributed by atoms with Gasteiger partial charge in [0.2, 0.25) is 5.60 Å². The van der Waals surface area contributed by atoms with E-state index in [0.717, 1.165) is 5.56 Å². The van der Waals surface area contributed by atoms with Gasteiger partial charge in [0.1, 0.15) is 12.2 Å². The van der Waals surface area contributed by atoms with E-state index in [1.807, 2.05) is 30.3 Å². The maximum Gasteiger partial charge on any atom is 0.303 e. The lowest BCUT2D eigenvalue weighted by Gasteiger charge is -2.50. The van der Waals surface area contributed by atoms with Gasteiger partial charge in [0.15, 0.2) is 12.4 Å². The van der Waals surface area contributed by atoms with Crippen molar-refractivity contribution in [2.45, 2.75) is 82.8 Å². The third kappa shape index (κ3) is 7.11. The molecular weight excluding hydrogens is 420 g/mol. The Balaban J connectivity index is 2.23. The molecule has 2 N–H and O–H groups in total. The molecule has 0 radical (unpaired) electrons. The van der Waals surface area contributed by atoms with Crippen molar-refractivity contribution in [3.8, 4) is 0 Å². The molecule has 1 fully saturated rings. The smallest absolute Gasteiger partial charge is 0.303 e.